The second kappa shape index (κ2) is 4.47. The maximum absolute atomic E-state index is 5.80. The van der Waals surface area contributed by atoms with Crippen LogP contribution in [0, 0.1) is 13.8 Å². The lowest BCUT2D eigenvalue weighted by Crippen LogP contribution is -2.21. The minimum Gasteiger partial charge on any atom is -0.476 e. The third-order valence-electron chi connectivity index (χ3n) is 2.61. The average molecular weight is 219 g/mol. The largest absolute Gasteiger partial charge is 0.476 e. The molecule has 0 saturated carbocycles. The molecule has 0 spiro atoms. The summed E-state index contributed by atoms with van der Waals surface area (Å²) < 4.78 is 11.1. The molecule has 1 aromatic rings. The van der Waals surface area contributed by atoms with Crippen LogP contribution in [0.3, 0.4) is 0 Å². The SMILES string of the molecule is CC1=CN(COc2c(C)cccc2C)CO1. The number of rotatable bonds is 3. The standard InChI is InChI=1S/C13H17NO2/c1-10-5-4-6-11(2)13(10)16-9-14-7-12(3)15-8-14/h4-7H,8-9H2,1-3H3. The van der Waals surface area contributed by atoms with Crippen molar-refractivity contribution in [2.24, 2.45) is 0 Å². The van der Waals surface area contributed by atoms with E-state index in [2.05, 4.69) is 26.0 Å². The topological polar surface area (TPSA) is 21.7 Å². The van der Waals surface area contributed by atoms with Gasteiger partial charge in [-0.1, -0.05) is 18.2 Å². The van der Waals surface area contributed by atoms with E-state index in [-0.39, 0.29) is 0 Å². The maximum atomic E-state index is 5.80. The first-order valence-corrected chi connectivity index (χ1v) is 5.41. The van der Waals surface area contributed by atoms with Gasteiger partial charge in [0, 0.05) is 6.20 Å². The van der Waals surface area contributed by atoms with E-state index in [1.165, 1.54) is 11.1 Å². The highest BCUT2D eigenvalue weighted by atomic mass is 16.5. The third-order valence-corrected chi connectivity index (χ3v) is 2.61. The minimum absolute atomic E-state index is 0.531. The Labute approximate surface area is 96.3 Å². The van der Waals surface area contributed by atoms with E-state index in [1.54, 1.807) is 0 Å². The van der Waals surface area contributed by atoms with E-state index in [1.807, 2.05) is 24.1 Å². The number of para-hydroxylation sites is 1. The summed E-state index contributed by atoms with van der Waals surface area (Å²) in [6.07, 6.45) is 1.97. The van der Waals surface area contributed by atoms with E-state index in [0.29, 0.717) is 13.5 Å². The number of nitrogens with zero attached hydrogens (tertiary/aromatic N) is 1. The Morgan fingerprint density at radius 3 is 2.50 bits per heavy atom. The van der Waals surface area contributed by atoms with Crippen LogP contribution in [0.2, 0.25) is 0 Å². The first-order valence-electron chi connectivity index (χ1n) is 5.41. The summed E-state index contributed by atoms with van der Waals surface area (Å²) >= 11 is 0. The Balaban J connectivity index is 2.00. The summed E-state index contributed by atoms with van der Waals surface area (Å²) in [6, 6.07) is 6.16. The van der Waals surface area contributed by atoms with Gasteiger partial charge in [0.25, 0.3) is 0 Å². The van der Waals surface area contributed by atoms with Gasteiger partial charge in [0.15, 0.2) is 13.5 Å². The van der Waals surface area contributed by atoms with Crippen molar-refractivity contribution in [1.29, 1.82) is 0 Å². The number of benzene rings is 1. The molecule has 1 aliphatic rings. The summed E-state index contributed by atoms with van der Waals surface area (Å²) in [4.78, 5) is 2.00. The van der Waals surface area contributed by atoms with Crippen molar-refractivity contribution >= 4 is 0 Å². The molecule has 0 atom stereocenters. The molecule has 0 fully saturated rings. The molecular formula is C13H17NO2. The fourth-order valence-corrected chi connectivity index (χ4v) is 1.77. The van der Waals surface area contributed by atoms with Crippen LogP contribution in [0.1, 0.15) is 18.1 Å². The zero-order chi connectivity index (χ0) is 11.5. The van der Waals surface area contributed by atoms with Gasteiger partial charge in [0.1, 0.15) is 11.5 Å². The van der Waals surface area contributed by atoms with Crippen LogP contribution >= 0.6 is 0 Å². The van der Waals surface area contributed by atoms with Gasteiger partial charge in [-0.05, 0) is 31.9 Å². The van der Waals surface area contributed by atoms with E-state index in [0.717, 1.165) is 11.5 Å². The predicted molar refractivity (Wildman–Crippen MR) is 63.0 cm³/mol. The Morgan fingerprint density at radius 1 is 1.25 bits per heavy atom. The molecule has 3 heteroatoms. The molecule has 0 bridgehead atoms. The number of allylic oxidation sites excluding steroid dienone is 1. The van der Waals surface area contributed by atoms with E-state index in [4.69, 9.17) is 9.47 Å². The van der Waals surface area contributed by atoms with Crippen molar-refractivity contribution in [3.63, 3.8) is 0 Å². The molecule has 16 heavy (non-hydrogen) atoms. The molecule has 0 aliphatic carbocycles. The van der Waals surface area contributed by atoms with Gasteiger partial charge in [-0.15, -0.1) is 0 Å². The summed E-state index contributed by atoms with van der Waals surface area (Å²) in [6.45, 7) is 7.17. The summed E-state index contributed by atoms with van der Waals surface area (Å²) in [5, 5.41) is 0. The van der Waals surface area contributed by atoms with Crippen molar-refractivity contribution in [3.05, 3.63) is 41.3 Å². The first kappa shape index (κ1) is 10.9. The molecule has 2 rings (SSSR count). The Bertz CT molecular complexity index is 392. The van der Waals surface area contributed by atoms with Crippen LogP contribution in [-0.2, 0) is 4.74 Å². The second-order valence-electron chi connectivity index (χ2n) is 4.10. The predicted octanol–water partition coefficient (Wildman–Crippen LogP) is 2.79. The highest BCUT2D eigenvalue weighted by molar-refractivity contribution is 5.39. The van der Waals surface area contributed by atoms with Crippen LogP contribution in [0.15, 0.2) is 30.2 Å². The molecule has 1 aromatic carbocycles. The van der Waals surface area contributed by atoms with Crippen molar-refractivity contribution in [3.8, 4) is 5.75 Å². The van der Waals surface area contributed by atoms with Crippen LogP contribution in [-0.4, -0.2) is 18.4 Å². The number of aryl methyl sites for hydroxylation is 2. The maximum Gasteiger partial charge on any atom is 0.163 e. The molecule has 0 amide bonds. The molecule has 86 valence electrons. The van der Waals surface area contributed by atoms with Gasteiger partial charge in [-0.2, -0.15) is 0 Å². The van der Waals surface area contributed by atoms with E-state index in [9.17, 15) is 0 Å². The van der Waals surface area contributed by atoms with E-state index < -0.39 is 0 Å². The molecule has 0 N–H and O–H groups in total. The quantitative estimate of drug-likeness (QED) is 0.780. The number of hydrogen-bond donors (Lipinski definition) is 0. The highest BCUT2D eigenvalue weighted by Crippen LogP contribution is 2.23. The molecule has 3 nitrogen and oxygen atoms in total. The minimum atomic E-state index is 0.531. The highest BCUT2D eigenvalue weighted by Gasteiger charge is 2.11. The lowest BCUT2D eigenvalue weighted by Gasteiger charge is -2.17. The third kappa shape index (κ3) is 2.30. The van der Waals surface area contributed by atoms with Gasteiger partial charge < -0.3 is 14.4 Å². The molecule has 1 heterocycles. The summed E-state index contributed by atoms with van der Waals surface area (Å²) in [7, 11) is 0. The Kier molecular flexibility index (Phi) is 3.04. The van der Waals surface area contributed by atoms with Crippen molar-refractivity contribution in [1.82, 2.24) is 4.90 Å². The second-order valence-corrected chi connectivity index (χ2v) is 4.10. The van der Waals surface area contributed by atoms with Crippen molar-refractivity contribution < 1.29 is 9.47 Å². The Hall–Kier alpha value is -1.64. The zero-order valence-electron chi connectivity index (χ0n) is 9.99. The smallest absolute Gasteiger partial charge is 0.163 e. The molecular weight excluding hydrogens is 202 g/mol. The van der Waals surface area contributed by atoms with Crippen LogP contribution in [0.5, 0.6) is 5.75 Å². The Morgan fingerprint density at radius 2 is 1.94 bits per heavy atom. The van der Waals surface area contributed by atoms with Crippen molar-refractivity contribution in [2.75, 3.05) is 13.5 Å². The number of ether oxygens (including phenoxy) is 2. The molecule has 0 radical (unpaired) electrons. The molecule has 1 aliphatic heterocycles. The summed E-state index contributed by atoms with van der Waals surface area (Å²) in [5.41, 5.74) is 2.33. The van der Waals surface area contributed by atoms with Gasteiger partial charge in [-0.25, -0.2) is 0 Å². The fourth-order valence-electron chi connectivity index (χ4n) is 1.77. The van der Waals surface area contributed by atoms with Gasteiger partial charge in [0.2, 0.25) is 0 Å². The first-order chi connectivity index (χ1) is 7.66. The zero-order valence-corrected chi connectivity index (χ0v) is 9.99. The summed E-state index contributed by atoms with van der Waals surface area (Å²) in [5.74, 6) is 1.91. The van der Waals surface area contributed by atoms with Crippen LogP contribution < -0.4 is 4.74 Å². The lowest BCUT2D eigenvalue weighted by atomic mass is 10.1. The normalized spacial score (nSPS) is 14.7. The fraction of sp³-hybridized carbons (Fsp3) is 0.385. The van der Waals surface area contributed by atoms with Crippen LogP contribution in [0.25, 0.3) is 0 Å². The average Bonchev–Trinajstić information content (AvgIpc) is 2.63. The monoisotopic (exact) mass is 219 g/mol. The van der Waals surface area contributed by atoms with Gasteiger partial charge >= 0.3 is 0 Å². The van der Waals surface area contributed by atoms with Gasteiger partial charge in [0.05, 0.1) is 0 Å². The van der Waals surface area contributed by atoms with E-state index >= 15 is 0 Å². The molecule has 0 aromatic heterocycles. The van der Waals surface area contributed by atoms with Crippen LogP contribution in [0.4, 0.5) is 0 Å². The van der Waals surface area contributed by atoms with Gasteiger partial charge in [-0.3, -0.25) is 0 Å². The number of hydrogen-bond acceptors (Lipinski definition) is 3. The molecule has 0 saturated heterocycles. The molecule has 0 unspecified atom stereocenters. The lowest BCUT2D eigenvalue weighted by molar-refractivity contribution is 0.0926. The van der Waals surface area contributed by atoms with Crippen molar-refractivity contribution in [2.45, 2.75) is 20.8 Å².